The van der Waals surface area contributed by atoms with Crippen molar-refractivity contribution in [2.45, 2.75) is 33.7 Å². The number of hydrogen-bond acceptors (Lipinski definition) is 2. The van der Waals surface area contributed by atoms with Crippen LogP contribution >= 0.6 is 23.2 Å². The predicted octanol–water partition coefficient (Wildman–Crippen LogP) is 5.21. The van der Waals surface area contributed by atoms with Crippen LogP contribution in [-0.2, 0) is 0 Å². The molecule has 0 saturated carbocycles. The van der Waals surface area contributed by atoms with Crippen molar-refractivity contribution in [3.05, 3.63) is 56.5 Å². The fraction of sp³-hybridized carbons (Fsp3) is 0.375. The van der Waals surface area contributed by atoms with Gasteiger partial charge in [0.15, 0.2) is 0 Å². The Balaban J connectivity index is 2.59. The normalized spacial score (nSPS) is 12.7. The Morgan fingerprint density at radius 1 is 1.15 bits per heavy atom. The van der Waals surface area contributed by atoms with Crippen molar-refractivity contribution in [2.75, 3.05) is 6.54 Å². The molecule has 0 radical (unpaired) electrons. The molecular weight excluding hydrogens is 293 g/mol. The van der Waals surface area contributed by atoms with Crippen molar-refractivity contribution in [2.24, 2.45) is 0 Å². The lowest BCUT2D eigenvalue weighted by atomic mass is 9.95. The van der Waals surface area contributed by atoms with Gasteiger partial charge in [0, 0.05) is 15.6 Å². The molecule has 2 rings (SSSR count). The molecule has 0 fully saturated rings. The van der Waals surface area contributed by atoms with Crippen LogP contribution in [-0.4, -0.2) is 6.54 Å². The van der Waals surface area contributed by atoms with Gasteiger partial charge in [-0.15, -0.1) is 0 Å². The van der Waals surface area contributed by atoms with Crippen LogP contribution in [0.4, 0.5) is 0 Å². The second kappa shape index (κ2) is 6.21. The van der Waals surface area contributed by atoms with Gasteiger partial charge in [-0.05, 0) is 56.6 Å². The highest BCUT2D eigenvalue weighted by Crippen LogP contribution is 2.35. The molecule has 0 aliphatic rings. The molecule has 20 heavy (non-hydrogen) atoms. The molecule has 0 amide bonds. The van der Waals surface area contributed by atoms with Crippen LogP contribution in [0.3, 0.4) is 0 Å². The number of furan rings is 1. The predicted molar refractivity (Wildman–Crippen MR) is 84.9 cm³/mol. The van der Waals surface area contributed by atoms with Gasteiger partial charge in [-0.2, -0.15) is 0 Å². The fourth-order valence-corrected chi connectivity index (χ4v) is 2.95. The summed E-state index contributed by atoms with van der Waals surface area (Å²) in [4.78, 5) is 0. The highest BCUT2D eigenvalue weighted by atomic mass is 35.5. The fourth-order valence-electron chi connectivity index (χ4n) is 2.54. The molecule has 0 aliphatic carbocycles. The number of aryl methyl sites for hydroxylation is 2. The summed E-state index contributed by atoms with van der Waals surface area (Å²) in [6.45, 7) is 8.94. The number of rotatable bonds is 4. The summed E-state index contributed by atoms with van der Waals surface area (Å²) in [6.07, 6.45) is 0. The molecule has 1 N–H and O–H groups in total. The SMILES string of the molecule is CCNC(c1cc(Cl)ccc1Cl)c1c(C)oc(C)c1C. The van der Waals surface area contributed by atoms with E-state index >= 15 is 0 Å². The van der Waals surface area contributed by atoms with Crippen molar-refractivity contribution in [3.8, 4) is 0 Å². The molecule has 0 aliphatic heterocycles. The van der Waals surface area contributed by atoms with Crippen molar-refractivity contribution < 1.29 is 4.42 Å². The Bertz CT molecular complexity index is 619. The lowest BCUT2D eigenvalue weighted by Gasteiger charge is -2.20. The third kappa shape index (κ3) is 2.88. The van der Waals surface area contributed by atoms with E-state index in [0.29, 0.717) is 10.0 Å². The van der Waals surface area contributed by atoms with Crippen molar-refractivity contribution in [1.82, 2.24) is 5.32 Å². The summed E-state index contributed by atoms with van der Waals surface area (Å²) < 4.78 is 5.75. The van der Waals surface area contributed by atoms with Gasteiger partial charge < -0.3 is 9.73 Å². The first-order valence-electron chi connectivity index (χ1n) is 6.70. The van der Waals surface area contributed by atoms with Crippen molar-refractivity contribution in [1.29, 1.82) is 0 Å². The quantitative estimate of drug-likeness (QED) is 0.838. The van der Waals surface area contributed by atoms with Crippen LogP contribution in [0.15, 0.2) is 22.6 Å². The number of benzene rings is 1. The Labute approximate surface area is 130 Å². The zero-order valence-corrected chi connectivity index (χ0v) is 13.7. The largest absolute Gasteiger partial charge is 0.466 e. The molecule has 2 aromatic rings. The Kier molecular flexibility index (Phi) is 4.79. The molecular formula is C16H19Cl2NO. The highest BCUT2D eigenvalue weighted by molar-refractivity contribution is 6.33. The van der Waals surface area contributed by atoms with Gasteiger partial charge in [-0.1, -0.05) is 30.1 Å². The van der Waals surface area contributed by atoms with Crippen LogP contribution in [0, 0.1) is 20.8 Å². The van der Waals surface area contributed by atoms with E-state index in [4.69, 9.17) is 27.6 Å². The maximum absolute atomic E-state index is 6.36. The maximum Gasteiger partial charge on any atom is 0.106 e. The summed E-state index contributed by atoms with van der Waals surface area (Å²) in [5.41, 5.74) is 3.28. The minimum atomic E-state index is -0.0105. The van der Waals surface area contributed by atoms with Gasteiger partial charge in [-0.3, -0.25) is 0 Å². The lowest BCUT2D eigenvalue weighted by molar-refractivity contribution is 0.494. The lowest BCUT2D eigenvalue weighted by Crippen LogP contribution is -2.23. The molecule has 0 saturated heterocycles. The number of halogens is 2. The third-order valence-electron chi connectivity index (χ3n) is 3.58. The summed E-state index contributed by atoms with van der Waals surface area (Å²) in [7, 11) is 0. The molecule has 2 nitrogen and oxygen atoms in total. The van der Waals surface area contributed by atoms with Gasteiger partial charge in [0.2, 0.25) is 0 Å². The molecule has 1 heterocycles. The summed E-state index contributed by atoms with van der Waals surface area (Å²) >= 11 is 12.5. The third-order valence-corrected chi connectivity index (χ3v) is 4.16. The first-order chi connectivity index (χ1) is 9.45. The average molecular weight is 312 g/mol. The monoisotopic (exact) mass is 311 g/mol. The topological polar surface area (TPSA) is 25.2 Å². The van der Waals surface area contributed by atoms with Crippen LogP contribution in [0.5, 0.6) is 0 Å². The van der Waals surface area contributed by atoms with E-state index in [-0.39, 0.29) is 6.04 Å². The van der Waals surface area contributed by atoms with Gasteiger partial charge in [0.25, 0.3) is 0 Å². The molecule has 0 spiro atoms. The van der Waals surface area contributed by atoms with E-state index in [1.54, 1.807) is 6.07 Å². The van der Waals surface area contributed by atoms with E-state index in [1.165, 1.54) is 0 Å². The summed E-state index contributed by atoms with van der Waals surface area (Å²) in [5.74, 6) is 1.86. The minimum absolute atomic E-state index is 0.0105. The molecule has 0 bridgehead atoms. The Hall–Kier alpha value is -0.960. The van der Waals surface area contributed by atoms with Crippen LogP contribution in [0.2, 0.25) is 10.0 Å². The second-order valence-corrected chi connectivity index (χ2v) is 5.75. The van der Waals surface area contributed by atoms with Crippen LogP contribution in [0.1, 0.15) is 41.2 Å². The molecule has 1 unspecified atom stereocenters. The maximum atomic E-state index is 6.36. The summed E-state index contributed by atoms with van der Waals surface area (Å²) in [6, 6.07) is 5.54. The first-order valence-corrected chi connectivity index (χ1v) is 7.46. The molecule has 1 aromatic carbocycles. The van der Waals surface area contributed by atoms with Gasteiger partial charge in [0.1, 0.15) is 11.5 Å². The standard InChI is InChI=1S/C16H19Cl2NO/c1-5-19-16(13-8-12(17)6-7-14(13)18)15-9(2)10(3)20-11(15)4/h6-8,16,19H,5H2,1-4H3. The first kappa shape index (κ1) is 15.4. The minimum Gasteiger partial charge on any atom is -0.466 e. The van der Waals surface area contributed by atoms with Crippen LogP contribution in [0.25, 0.3) is 0 Å². The Morgan fingerprint density at radius 2 is 1.85 bits per heavy atom. The summed E-state index contributed by atoms with van der Waals surface area (Å²) in [5, 5.41) is 4.86. The van der Waals surface area contributed by atoms with Crippen molar-refractivity contribution in [3.63, 3.8) is 0 Å². The smallest absolute Gasteiger partial charge is 0.106 e. The van der Waals surface area contributed by atoms with E-state index in [0.717, 1.165) is 34.8 Å². The average Bonchev–Trinajstić information content (AvgIpc) is 2.64. The number of hydrogen-bond donors (Lipinski definition) is 1. The molecule has 1 aromatic heterocycles. The zero-order valence-electron chi connectivity index (χ0n) is 12.2. The van der Waals surface area contributed by atoms with Gasteiger partial charge in [-0.25, -0.2) is 0 Å². The van der Waals surface area contributed by atoms with Gasteiger partial charge >= 0.3 is 0 Å². The zero-order chi connectivity index (χ0) is 14.9. The molecule has 108 valence electrons. The van der Waals surface area contributed by atoms with Crippen molar-refractivity contribution >= 4 is 23.2 Å². The molecule has 4 heteroatoms. The second-order valence-electron chi connectivity index (χ2n) is 4.91. The number of nitrogens with one attached hydrogen (secondary N) is 1. The highest BCUT2D eigenvalue weighted by Gasteiger charge is 2.24. The van der Waals surface area contributed by atoms with Gasteiger partial charge in [0.05, 0.1) is 6.04 Å². The van der Waals surface area contributed by atoms with E-state index in [9.17, 15) is 0 Å². The Morgan fingerprint density at radius 3 is 2.40 bits per heavy atom. The van der Waals surface area contributed by atoms with E-state index < -0.39 is 0 Å². The molecule has 1 atom stereocenters. The van der Waals surface area contributed by atoms with Crippen LogP contribution < -0.4 is 5.32 Å². The van der Waals surface area contributed by atoms with E-state index in [1.807, 2.05) is 26.0 Å². The van der Waals surface area contributed by atoms with E-state index in [2.05, 4.69) is 19.2 Å².